The molecule has 0 amide bonds. The lowest BCUT2D eigenvalue weighted by Gasteiger charge is -2.07. The molecule has 4 heteroatoms. The Morgan fingerprint density at radius 3 is 2.31 bits per heavy atom. The number of para-hydroxylation sites is 1. The second kappa shape index (κ2) is 5.50. The molecule has 2 rings (SSSR count). The van der Waals surface area contributed by atoms with E-state index in [2.05, 4.69) is 4.67 Å². The van der Waals surface area contributed by atoms with Crippen molar-refractivity contribution >= 4 is 8.69 Å². The lowest BCUT2D eigenvalue weighted by Crippen LogP contribution is -1.89. The van der Waals surface area contributed by atoms with Gasteiger partial charge in [-0.2, -0.15) is 0 Å². The molecule has 2 aromatic carbocycles. The minimum absolute atomic E-state index is 0.567. The molecule has 0 aromatic heterocycles. The minimum Gasteiger partial charge on any atom is -0.331 e. The van der Waals surface area contributed by atoms with Gasteiger partial charge in [-0.05, 0) is 11.6 Å². The van der Waals surface area contributed by atoms with Crippen LogP contribution < -0.4 is 4.89 Å². The maximum Gasteiger partial charge on any atom is 0.226 e. The standard InChI is InChI=1S/C12H11O3P/c13-16-15-14-12-9-5-4-8-11(12)10-6-2-1-3-7-10/h1-9H,16H2. The number of hydrogen-bond donors (Lipinski definition) is 0. The summed E-state index contributed by atoms with van der Waals surface area (Å²) in [5.41, 5.74) is 1.94. The van der Waals surface area contributed by atoms with Crippen molar-refractivity contribution in [3.8, 4) is 16.9 Å². The number of benzene rings is 2. The summed E-state index contributed by atoms with van der Waals surface area (Å²) in [6.45, 7) is 0. The summed E-state index contributed by atoms with van der Waals surface area (Å²) in [5, 5.41) is 0. The Morgan fingerprint density at radius 1 is 0.875 bits per heavy atom. The first-order valence-electron chi connectivity index (χ1n) is 4.83. The highest BCUT2D eigenvalue weighted by molar-refractivity contribution is 7.17. The fraction of sp³-hybridized carbons (Fsp3) is 0. The molecule has 0 aliphatic carbocycles. The largest absolute Gasteiger partial charge is 0.331 e. The van der Waals surface area contributed by atoms with Crippen LogP contribution in [0.3, 0.4) is 0 Å². The molecule has 1 atom stereocenters. The molecule has 3 nitrogen and oxygen atoms in total. The highest BCUT2D eigenvalue weighted by atomic mass is 31.1. The molecular formula is C12H11O3P. The quantitative estimate of drug-likeness (QED) is 0.462. The summed E-state index contributed by atoms with van der Waals surface area (Å²) in [4.78, 5) is 4.97. The van der Waals surface area contributed by atoms with Crippen LogP contribution in [0.1, 0.15) is 0 Å². The van der Waals surface area contributed by atoms with E-state index in [1.165, 1.54) is 0 Å². The molecule has 0 spiro atoms. The van der Waals surface area contributed by atoms with Gasteiger partial charge in [-0.15, -0.1) is 4.67 Å². The first kappa shape index (κ1) is 10.9. The van der Waals surface area contributed by atoms with Crippen LogP contribution in [0.15, 0.2) is 54.6 Å². The molecule has 0 fully saturated rings. The Hall–Kier alpha value is -1.57. The van der Waals surface area contributed by atoms with Crippen molar-refractivity contribution in [3.63, 3.8) is 0 Å². The highest BCUT2D eigenvalue weighted by Gasteiger charge is 2.05. The monoisotopic (exact) mass is 234 g/mol. The van der Waals surface area contributed by atoms with Gasteiger partial charge >= 0.3 is 0 Å². The molecule has 0 aliphatic rings. The molecule has 0 saturated carbocycles. The second-order valence-corrected chi connectivity index (χ2v) is 3.52. The van der Waals surface area contributed by atoms with Crippen LogP contribution in [-0.4, -0.2) is 0 Å². The van der Waals surface area contributed by atoms with Crippen LogP contribution in [0.2, 0.25) is 0 Å². The summed E-state index contributed by atoms with van der Waals surface area (Å²) in [5.74, 6) is 0.567. The zero-order chi connectivity index (χ0) is 11.2. The molecule has 0 saturated heterocycles. The summed E-state index contributed by atoms with van der Waals surface area (Å²) in [6.07, 6.45) is 0. The average molecular weight is 234 g/mol. The molecule has 0 heterocycles. The Kier molecular flexibility index (Phi) is 3.76. The maximum absolute atomic E-state index is 10.3. The van der Waals surface area contributed by atoms with Gasteiger partial charge < -0.3 is 4.89 Å². The van der Waals surface area contributed by atoms with Crippen molar-refractivity contribution < 1.29 is 14.1 Å². The van der Waals surface area contributed by atoms with Crippen molar-refractivity contribution in [1.29, 1.82) is 0 Å². The van der Waals surface area contributed by atoms with E-state index < -0.39 is 8.69 Å². The molecule has 1 unspecified atom stereocenters. The Balaban J connectivity index is 2.36. The van der Waals surface area contributed by atoms with E-state index in [-0.39, 0.29) is 0 Å². The third-order valence-corrected chi connectivity index (χ3v) is 2.32. The molecule has 0 N–H and O–H groups in total. The number of hydrogen-bond acceptors (Lipinski definition) is 3. The molecular weight excluding hydrogens is 223 g/mol. The van der Waals surface area contributed by atoms with E-state index in [0.29, 0.717) is 5.75 Å². The van der Waals surface area contributed by atoms with Crippen LogP contribution in [0, 0.1) is 0 Å². The first-order chi connectivity index (χ1) is 7.92. The van der Waals surface area contributed by atoms with Crippen molar-refractivity contribution in [2.24, 2.45) is 0 Å². The van der Waals surface area contributed by atoms with Gasteiger partial charge in [-0.1, -0.05) is 48.5 Å². The molecule has 0 aliphatic heterocycles. The molecule has 0 bridgehead atoms. The third-order valence-electron chi connectivity index (χ3n) is 2.15. The van der Waals surface area contributed by atoms with Gasteiger partial charge in [0.2, 0.25) is 8.69 Å². The zero-order valence-corrected chi connectivity index (χ0v) is 9.65. The summed E-state index contributed by atoms with van der Waals surface area (Å²) in [6, 6.07) is 17.3. The lowest BCUT2D eigenvalue weighted by molar-refractivity contribution is -0.0860. The van der Waals surface area contributed by atoms with Gasteiger partial charge in [0, 0.05) is 5.56 Å². The van der Waals surface area contributed by atoms with E-state index in [1.807, 2.05) is 48.5 Å². The van der Waals surface area contributed by atoms with Crippen LogP contribution in [0.4, 0.5) is 0 Å². The summed E-state index contributed by atoms with van der Waals surface area (Å²) >= 11 is 0. The van der Waals surface area contributed by atoms with Gasteiger partial charge in [0.1, 0.15) is 0 Å². The molecule has 2 aromatic rings. The highest BCUT2D eigenvalue weighted by Crippen LogP contribution is 2.30. The third kappa shape index (κ3) is 2.51. The van der Waals surface area contributed by atoms with Gasteiger partial charge in [-0.25, -0.2) is 0 Å². The van der Waals surface area contributed by atoms with Crippen molar-refractivity contribution in [2.75, 3.05) is 0 Å². The smallest absolute Gasteiger partial charge is 0.226 e. The van der Waals surface area contributed by atoms with Crippen molar-refractivity contribution in [1.82, 2.24) is 0 Å². The fourth-order valence-corrected chi connectivity index (χ4v) is 1.61. The van der Waals surface area contributed by atoms with Crippen molar-refractivity contribution in [2.45, 2.75) is 0 Å². The summed E-state index contributed by atoms with van der Waals surface area (Å²) < 4.78 is 14.8. The van der Waals surface area contributed by atoms with E-state index in [9.17, 15) is 4.57 Å². The topological polar surface area (TPSA) is 35.5 Å². The zero-order valence-electron chi connectivity index (χ0n) is 8.50. The molecule has 16 heavy (non-hydrogen) atoms. The van der Waals surface area contributed by atoms with Gasteiger partial charge in [0.05, 0.1) is 0 Å². The van der Waals surface area contributed by atoms with Crippen LogP contribution in [0.5, 0.6) is 5.75 Å². The van der Waals surface area contributed by atoms with Crippen LogP contribution in [0.25, 0.3) is 11.1 Å². The van der Waals surface area contributed by atoms with E-state index >= 15 is 0 Å². The Morgan fingerprint density at radius 2 is 1.56 bits per heavy atom. The van der Waals surface area contributed by atoms with Crippen LogP contribution in [-0.2, 0) is 9.24 Å². The normalized spacial score (nSPS) is 10.8. The fourth-order valence-electron chi connectivity index (χ4n) is 1.47. The van der Waals surface area contributed by atoms with E-state index in [0.717, 1.165) is 11.1 Å². The Labute approximate surface area is 94.9 Å². The van der Waals surface area contributed by atoms with E-state index in [4.69, 9.17) is 4.89 Å². The van der Waals surface area contributed by atoms with Gasteiger partial charge in [-0.3, -0.25) is 4.57 Å². The SMILES string of the molecule is O=[PH2]OOc1ccccc1-c1ccccc1. The van der Waals surface area contributed by atoms with Crippen molar-refractivity contribution in [3.05, 3.63) is 54.6 Å². The van der Waals surface area contributed by atoms with Gasteiger partial charge in [0.25, 0.3) is 0 Å². The Bertz CT molecular complexity index is 471. The van der Waals surface area contributed by atoms with E-state index in [1.54, 1.807) is 6.07 Å². The average Bonchev–Trinajstić information content (AvgIpc) is 2.38. The lowest BCUT2D eigenvalue weighted by atomic mass is 10.1. The predicted octanol–water partition coefficient (Wildman–Crippen LogP) is 3.34. The second-order valence-electron chi connectivity index (χ2n) is 3.14. The first-order valence-corrected chi connectivity index (χ1v) is 5.77. The van der Waals surface area contributed by atoms with Gasteiger partial charge in [0.15, 0.2) is 5.75 Å². The number of rotatable bonds is 4. The summed E-state index contributed by atoms with van der Waals surface area (Å²) in [7, 11) is -1.37. The molecule has 0 radical (unpaired) electrons. The maximum atomic E-state index is 10.3. The van der Waals surface area contributed by atoms with Crippen LogP contribution >= 0.6 is 8.69 Å². The molecule has 82 valence electrons. The predicted molar refractivity (Wildman–Crippen MR) is 64.0 cm³/mol. The minimum atomic E-state index is -1.37.